The van der Waals surface area contributed by atoms with E-state index < -0.39 is 5.97 Å². The number of phenolic OH excluding ortho intramolecular Hbond substituents is 1. The van der Waals surface area contributed by atoms with E-state index in [1.54, 1.807) is 19.1 Å². The summed E-state index contributed by atoms with van der Waals surface area (Å²) >= 11 is 0. The largest absolute Gasteiger partial charge is 0.507 e. The molecule has 5 heteroatoms. The van der Waals surface area contributed by atoms with E-state index in [0.29, 0.717) is 29.5 Å². The van der Waals surface area contributed by atoms with Crippen LogP contribution in [-0.2, 0) is 4.79 Å². The van der Waals surface area contributed by atoms with Crippen molar-refractivity contribution in [2.45, 2.75) is 65.7 Å². The van der Waals surface area contributed by atoms with Crippen molar-refractivity contribution in [1.29, 1.82) is 0 Å². The van der Waals surface area contributed by atoms with E-state index in [1.165, 1.54) is 19.1 Å². The van der Waals surface area contributed by atoms with Crippen LogP contribution in [0.4, 0.5) is 4.39 Å². The molecule has 156 valence electrons. The number of carbonyl (C=O) groups is 2. The highest BCUT2D eigenvalue weighted by atomic mass is 19.1. The Hall–Kier alpha value is -2.69. The predicted octanol–water partition coefficient (Wildman–Crippen LogP) is 5.83. The van der Waals surface area contributed by atoms with Gasteiger partial charge in [-0.05, 0) is 74.9 Å². The Balaban J connectivity index is 2.49. The van der Waals surface area contributed by atoms with Crippen LogP contribution in [0.5, 0.6) is 5.75 Å². The number of aromatic hydroxyl groups is 1. The molecule has 2 aromatic carbocycles. The number of unbranched alkanes of at least 4 members (excludes halogenated alkanes) is 2. The van der Waals surface area contributed by atoms with Gasteiger partial charge in [-0.1, -0.05) is 25.0 Å². The van der Waals surface area contributed by atoms with Crippen LogP contribution in [-0.4, -0.2) is 22.0 Å². The first-order valence-corrected chi connectivity index (χ1v) is 9.95. The topological polar surface area (TPSA) is 74.6 Å². The zero-order chi connectivity index (χ0) is 21.7. The van der Waals surface area contributed by atoms with Gasteiger partial charge < -0.3 is 10.2 Å². The fraction of sp³-hybridized carbons (Fsp3) is 0.417. The van der Waals surface area contributed by atoms with E-state index in [1.807, 2.05) is 13.8 Å². The van der Waals surface area contributed by atoms with Gasteiger partial charge in [-0.2, -0.15) is 0 Å². The van der Waals surface area contributed by atoms with E-state index in [9.17, 15) is 19.1 Å². The van der Waals surface area contributed by atoms with E-state index >= 15 is 0 Å². The van der Waals surface area contributed by atoms with Crippen LogP contribution >= 0.6 is 0 Å². The normalized spacial score (nSPS) is 12.0. The standard InChI is InChI=1S/C24H29FO4/c1-14-15(2)24(29)23(16(3)22(14)17(4)26)20(8-6-5-7-9-21(27)28)18-10-12-19(25)13-11-18/h10-13,20,29H,5-9H2,1-4H3,(H,27,28)/t20-/m1/s1. The molecule has 29 heavy (non-hydrogen) atoms. The van der Waals surface area contributed by atoms with Crippen molar-refractivity contribution in [1.82, 2.24) is 0 Å². The minimum Gasteiger partial charge on any atom is -0.507 e. The Morgan fingerprint density at radius 1 is 0.966 bits per heavy atom. The van der Waals surface area contributed by atoms with Crippen LogP contribution in [0.1, 0.15) is 83.1 Å². The number of rotatable bonds is 9. The summed E-state index contributed by atoms with van der Waals surface area (Å²) in [6.45, 7) is 7.00. The summed E-state index contributed by atoms with van der Waals surface area (Å²) in [5.41, 5.74) is 4.37. The Morgan fingerprint density at radius 2 is 1.59 bits per heavy atom. The molecule has 2 N–H and O–H groups in total. The van der Waals surface area contributed by atoms with Crippen LogP contribution in [0.3, 0.4) is 0 Å². The first-order valence-electron chi connectivity index (χ1n) is 9.95. The third kappa shape index (κ3) is 5.22. The van der Waals surface area contributed by atoms with Gasteiger partial charge in [0.1, 0.15) is 11.6 Å². The summed E-state index contributed by atoms with van der Waals surface area (Å²) in [5, 5.41) is 19.8. The molecule has 0 bridgehead atoms. The third-order valence-electron chi connectivity index (χ3n) is 5.68. The third-order valence-corrected chi connectivity index (χ3v) is 5.68. The average molecular weight is 400 g/mol. The number of Topliss-reactive ketones (excluding diaryl/α,β-unsaturated/α-hetero) is 1. The molecule has 0 fully saturated rings. The van der Waals surface area contributed by atoms with Crippen LogP contribution in [0.2, 0.25) is 0 Å². The number of ketones is 1. The number of carboxylic acids is 1. The molecule has 0 radical (unpaired) electrons. The number of hydrogen-bond acceptors (Lipinski definition) is 3. The lowest BCUT2D eigenvalue weighted by molar-refractivity contribution is -0.137. The summed E-state index contributed by atoms with van der Waals surface area (Å²) in [4.78, 5) is 23.0. The quantitative estimate of drug-likeness (QED) is 0.410. The van der Waals surface area contributed by atoms with Gasteiger partial charge in [0, 0.05) is 23.5 Å². The maximum atomic E-state index is 13.5. The van der Waals surface area contributed by atoms with Gasteiger partial charge in [-0.25, -0.2) is 4.39 Å². The van der Waals surface area contributed by atoms with Gasteiger partial charge in [-0.15, -0.1) is 0 Å². The van der Waals surface area contributed by atoms with Crippen molar-refractivity contribution in [3.63, 3.8) is 0 Å². The van der Waals surface area contributed by atoms with E-state index in [4.69, 9.17) is 5.11 Å². The van der Waals surface area contributed by atoms with Crippen molar-refractivity contribution in [2.75, 3.05) is 0 Å². The lowest BCUT2D eigenvalue weighted by atomic mass is 9.79. The van der Waals surface area contributed by atoms with Gasteiger partial charge in [0.25, 0.3) is 0 Å². The molecule has 0 heterocycles. The maximum Gasteiger partial charge on any atom is 0.303 e. The predicted molar refractivity (Wildman–Crippen MR) is 111 cm³/mol. The van der Waals surface area contributed by atoms with Gasteiger partial charge in [0.05, 0.1) is 0 Å². The number of benzene rings is 2. The molecule has 0 spiro atoms. The second kappa shape index (κ2) is 9.68. The van der Waals surface area contributed by atoms with Crippen molar-refractivity contribution < 1.29 is 24.2 Å². The zero-order valence-corrected chi connectivity index (χ0v) is 17.5. The second-order valence-electron chi connectivity index (χ2n) is 7.67. The number of carbonyl (C=O) groups excluding carboxylic acids is 1. The lowest BCUT2D eigenvalue weighted by Gasteiger charge is -2.25. The molecule has 0 aliphatic heterocycles. The first-order chi connectivity index (χ1) is 13.6. The zero-order valence-electron chi connectivity index (χ0n) is 17.5. The molecule has 4 nitrogen and oxygen atoms in total. The fourth-order valence-corrected chi connectivity index (χ4v) is 4.09. The Morgan fingerprint density at radius 3 is 2.14 bits per heavy atom. The summed E-state index contributed by atoms with van der Waals surface area (Å²) in [7, 11) is 0. The summed E-state index contributed by atoms with van der Waals surface area (Å²) in [5.74, 6) is -1.24. The highest BCUT2D eigenvalue weighted by Gasteiger charge is 2.26. The number of halogens is 1. The molecule has 2 rings (SSSR count). The van der Waals surface area contributed by atoms with Gasteiger partial charge in [0.2, 0.25) is 0 Å². The SMILES string of the molecule is CC(=O)c1c(C)c(C)c(O)c([C@H](CCCCCC(=O)O)c2ccc(F)cc2)c1C. The number of aliphatic carboxylic acids is 1. The minimum atomic E-state index is -0.811. The monoisotopic (exact) mass is 400 g/mol. The number of hydrogen-bond donors (Lipinski definition) is 2. The highest BCUT2D eigenvalue weighted by Crippen LogP contribution is 2.42. The van der Waals surface area contributed by atoms with Crippen LogP contribution in [0.15, 0.2) is 24.3 Å². The van der Waals surface area contributed by atoms with Crippen molar-refractivity contribution in [3.8, 4) is 5.75 Å². The molecule has 0 saturated heterocycles. The molecule has 0 aliphatic carbocycles. The smallest absolute Gasteiger partial charge is 0.303 e. The maximum absolute atomic E-state index is 13.5. The van der Waals surface area contributed by atoms with Gasteiger partial charge >= 0.3 is 5.97 Å². The van der Waals surface area contributed by atoms with Gasteiger partial charge in [0.15, 0.2) is 5.78 Å². The van der Waals surface area contributed by atoms with Gasteiger partial charge in [-0.3, -0.25) is 9.59 Å². The molecule has 0 aromatic heterocycles. The minimum absolute atomic E-state index is 0.0522. The molecule has 0 aliphatic rings. The molecular weight excluding hydrogens is 371 g/mol. The lowest BCUT2D eigenvalue weighted by Crippen LogP contribution is -2.11. The Bertz CT molecular complexity index is 900. The molecular formula is C24H29FO4. The summed E-state index contributed by atoms with van der Waals surface area (Å²) < 4.78 is 13.5. The molecule has 1 atom stereocenters. The molecule has 0 unspecified atom stereocenters. The van der Waals surface area contributed by atoms with Crippen molar-refractivity contribution >= 4 is 11.8 Å². The molecule has 2 aromatic rings. The highest BCUT2D eigenvalue weighted by molar-refractivity contribution is 5.98. The van der Waals surface area contributed by atoms with Crippen LogP contribution in [0.25, 0.3) is 0 Å². The molecule has 0 amide bonds. The van der Waals surface area contributed by atoms with E-state index in [2.05, 4.69) is 0 Å². The number of carboxylic acid groups (broad SMARTS) is 1. The summed E-state index contributed by atoms with van der Waals surface area (Å²) in [6.07, 6.45) is 2.88. The summed E-state index contributed by atoms with van der Waals surface area (Å²) in [6, 6.07) is 6.20. The van der Waals surface area contributed by atoms with E-state index in [-0.39, 0.29) is 29.7 Å². The average Bonchev–Trinajstić information content (AvgIpc) is 2.65. The Labute approximate surface area is 171 Å². The van der Waals surface area contributed by atoms with Crippen LogP contribution < -0.4 is 0 Å². The Kier molecular flexibility index (Phi) is 7.54. The first kappa shape index (κ1) is 22.6. The van der Waals surface area contributed by atoms with Crippen LogP contribution in [0, 0.1) is 26.6 Å². The van der Waals surface area contributed by atoms with E-state index in [0.717, 1.165) is 29.5 Å². The number of phenols is 1. The fourth-order valence-electron chi connectivity index (χ4n) is 4.09. The molecule has 0 saturated carbocycles. The van der Waals surface area contributed by atoms with Crippen molar-refractivity contribution in [3.05, 3.63) is 63.5 Å². The van der Waals surface area contributed by atoms with Crippen molar-refractivity contribution in [2.24, 2.45) is 0 Å². The second-order valence-corrected chi connectivity index (χ2v) is 7.67.